The van der Waals surface area contributed by atoms with Gasteiger partial charge in [-0.05, 0) is 55.3 Å². The fourth-order valence-corrected chi connectivity index (χ4v) is 6.56. The van der Waals surface area contributed by atoms with Crippen molar-refractivity contribution < 1.29 is 4.79 Å². The van der Waals surface area contributed by atoms with Crippen LogP contribution in [-0.2, 0) is 11.3 Å². The number of aliphatic imine (C=N–C) groups is 1. The van der Waals surface area contributed by atoms with Crippen LogP contribution >= 0.6 is 23.4 Å². The van der Waals surface area contributed by atoms with E-state index in [0.717, 1.165) is 50.6 Å². The number of thioether (sulfide) groups is 1. The van der Waals surface area contributed by atoms with Crippen molar-refractivity contribution in [1.29, 1.82) is 5.41 Å². The number of amides is 1. The van der Waals surface area contributed by atoms with E-state index in [2.05, 4.69) is 21.7 Å². The van der Waals surface area contributed by atoms with E-state index >= 15 is 0 Å². The first-order chi connectivity index (χ1) is 17.5. The average Bonchev–Trinajstić information content (AvgIpc) is 3.43. The number of fused-ring (bicyclic) bond motifs is 2. The smallest absolute Gasteiger partial charge is 0.283 e. The van der Waals surface area contributed by atoms with Crippen molar-refractivity contribution in [3.63, 3.8) is 0 Å². The van der Waals surface area contributed by atoms with Crippen LogP contribution in [0.25, 0.3) is 17.0 Å². The standard InChI is InChI=1S/C28H26ClN5OS/c1-17-21(20-12-6-8-14-24(20)33(17)16-19-11-5-7-13-23(19)29)15-22-25(30)34-28(31-26(22)35)36-27(32-34)18-9-3-2-4-10-18/h5-8,11-15,18,30H,2-4,9-10,16H2,1H3/b22-15-,30-25?. The number of nitrogens with zero attached hydrogens (tertiary/aromatic N) is 4. The summed E-state index contributed by atoms with van der Waals surface area (Å²) in [4.78, 5) is 17.4. The molecule has 1 saturated carbocycles. The van der Waals surface area contributed by atoms with Gasteiger partial charge in [0.1, 0.15) is 5.04 Å². The number of carbonyl (C=O) groups is 1. The number of amidine groups is 2. The van der Waals surface area contributed by atoms with Gasteiger partial charge in [0.15, 0.2) is 5.84 Å². The van der Waals surface area contributed by atoms with E-state index in [9.17, 15) is 4.79 Å². The molecule has 3 aliphatic rings. The summed E-state index contributed by atoms with van der Waals surface area (Å²) in [5, 5.41) is 18.4. The van der Waals surface area contributed by atoms with E-state index in [1.54, 1.807) is 5.01 Å². The molecule has 1 amide bonds. The van der Waals surface area contributed by atoms with E-state index < -0.39 is 0 Å². The van der Waals surface area contributed by atoms with Crippen molar-refractivity contribution in [2.24, 2.45) is 16.0 Å². The number of hydrogen-bond acceptors (Lipinski definition) is 4. The number of carbonyl (C=O) groups excluding carboxylic acids is 1. The van der Waals surface area contributed by atoms with Crippen molar-refractivity contribution in [2.45, 2.75) is 45.6 Å². The summed E-state index contributed by atoms with van der Waals surface area (Å²) < 4.78 is 2.21. The molecule has 36 heavy (non-hydrogen) atoms. The second-order valence-electron chi connectivity index (χ2n) is 9.49. The summed E-state index contributed by atoms with van der Waals surface area (Å²) in [6.45, 7) is 2.65. The first-order valence-corrected chi connectivity index (χ1v) is 13.5. The van der Waals surface area contributed by atoms with Gasteiger partial charge < -0.3 is 4.57 Å². The topological polar surface area (TPSA) is 73.8 Å². The Hall–Kier alpha value is -3.16. The summed E-state index contributed by atoms with van der Waals surface area (Å²) in [6.07, 6.45) is 7.71. The van der Waals surface area contributed by atoms with E-state index in [0.29, 0.717) is 17.6 Å². The minimum absolute atomic E-state index is 0.0886. The molecule has 0 bridgehead atoms. The molecule has 1 fully saturated rings. The number of hydrogen-bond donors (Lipinski definition) is 1. The van der Waals surface area contributed by atoms with Gasteiger partial charge in [-0.3, -0.25) is 10.2 Å². The molecule has 2 aromatic carbocycles. The molecular formula is C28H26ClN5OS. The molecule has 2 aliphatic heterocycles. The molecule has 0 spiro atoms. The Labute approximate surface area is 219 Å². The van der Waals surface area contributed by atoms with E-state index in [4.69, 9.17) is 22.1 Å². The Kier molecular flexibility index (Phi) is 6.05. The molecule has 0 radical (unpaired) electrons. The quantitative estimate of drug-likeness (QED) is 0.386. The van der Waals surface area contributed by atoms with Crippen molar-refractivity contribution >= 4 is 62.3 Å². The molecule has 182 valence electrons. The van der Waals surface area contributed by atoms with Gasteiger partial charge >= 0.3 is 0 Å². The number of benzene rings is 2. The number of halogens is 1. The van der Waals surface area contributed by atoms with Crippen molar-refractivity contribution in [2.75, 3.05) is 0 Å². The molecule has 3 aromatic rings. The molecule has 3 heterocycles. The zero-order valence-corrected chi connectivity index (χ0v) is 21.6. The molecule has 0 saturated heterocycles. The number of nitrogens with one attached hydrogen (secondary N) is 1. The monoisotopic (exact) mass is 515 g/mol. The first-order valence-electron chi connectivity index (χ1n) is 12.3. The molecule has 1 N–H and O–H groups in total. The summed E-state index contributed by atoms with van der Waals surface area (Å²) in [5.41, 5.74) is 4.25. The van der Waals surface area contributed by atoms with Gasteiger partial charge in [0.25, 0.3) is 5.91 Å². The lowest BCUT2D eigenvalue weighted by Crippen LogP contribution is -2.35. The van der Waals surface area contributed by atoms with E-state index in [1.807, 2.05) is 49.4 Å². The van der Waals surface area contributed by atoms with Crippen molar-refractivity contribution in [3.05, 3.63) is 75.9 Å². The van der Waals surface area contributed by atoms with Crippen LogP contribution in [-0.4, -0.2) is 31.5 Å². The zero-order valence-electron chi connectivity index (χ0n) is 20.0. The normalized spacial score (nSPS) is 19.7. The van der Waals surface area contributed by atoms with Gasteiger partial charge in [-0.25, -0.2) is 0 Å². The van der Waals surface area contributed by atoms with Crippen LogP contribution < -0.4 is 0 Å². The second-order valence-corrected chi connectivity index (χ2v) is 10.9. The lowest BCUT2D eigenvalue weighted by Gasteiger charge is -2.20. The zero-order chi connectivity index (χ0) is 24.8. The molecular weight excluding hydrogens is 490 g/mol. The number of aromatic nitrogens is 1. The number of rotatable bonds is 4. The fraction of sp³-hybridized carbons (Fsp3) is 0.286. The van der Waals surface area contributed by atoms with Crippen LogP contribution in [0.2, 0.25) is 5.02 Å². The SMILES string of the molecule is Cc1c(/C=C2/C(=N)N3N=C(C4CCCCC4)SC3=NC2=O)c2ccccc2n1Cc1ccccc1Cl. The first kappa shape index (κ1) is 23.3. The molecule has 1 aliphatic carbocycles. The maximum atomic E-state index is 13.1. The Balaban J connectivity index is 1.39. The summed E-state index contributed by atoms with van der Waals surface area (Å²) in [7, 11) is 0. The van der Waals surface area contributed by atoms with Crippen LogP contribution in [0.15, 0.2) is 64.2 Å². The Morgan fingerprint density at radius 2 is 1.86 bits per heavy atom. The van der Waals surface area contributed by atoms with Crippen LogP contribution in [0.3, 0.4) is 0 Å². The third kappa shape index (κ3) is 4.00. The molecule has 1 aromatic heterocycles. The minimum atomic E-state index is -0.388. The van der Waals surface area contributed by atoms with Gasteiger partial charge in [-0.15, -0.1) is 0 Å². The fourth-order valence-electron chi connectivity index (χ4n) is 5.31. The molecule has 8 heteroatoms. The molecule has 6 rings (SSSR count). The maximum Gasteiger partial charge on any atom is 0.283 e. The van der Waals surface area contributed by atoms with Gasteiger partial charge in [-0.1, -0.05) is 67.3 Å². The van der Waals surface area contributed by atoms with Gasteiger partial charge in [0, 0.05) is 39.6 Å². The number of hydrazone groups is 1. The maximum absolute atomic E-state index is 13.1. The van der Waals surface area contributed by atoms with Crippen molar-refractivity contribution in [1.82, 2.24) is 9.58 Å². The van der Waals surface area contributed by atoms with Crippen LogP contribution in [0.1, 0.15) is 48.9 Å². The lowest BCUT2D eigenvalue weighted by atomic mass is 9.90. The van der Waals surface area contributed by atoms with Crippen LogP contribution in [0, 0.1) is 18.3 Å². The third-order valence-electron chi connectivity index (χ3n) is 7.28. The largest absolute Gasteiger partial charge is 0.340 e. The summed E-state index contributed by atoms with van der Waals surface area (Å²) in [5.74, 6) is 0.101. The van der Waals surface area contributed by atoms with Crippen molar-refractivity contribution in [3.8, 4) is 0 Å². The van der Waals surface area contributed by atoms with Crippen LogP contribution in [0.5, 0.6) is 0 Å². The summed E-state index contributed by atoms with van der Waals surface area (Å²) >= 11 is 7.91. The van der Waals surface area contributed by atoms with Gasteiger partial charge in [0.05, 0.1) is 5.57 Å². The predicted molar refractivity (Wildman–Crippen MR) is 149 cm³/mol. The van der Waals surface area contributed by atoms with Crippen LogP contribution in [0.4, 0.5) is 0 Å². The van der Waals surface area contributed by atoms with E-state index in [1.165, 1.54) is 31.0 Å². The Bertz CT molecular complexity index is 1490. The highest BCUT2D eigenvalue weighted by molar-refractivity contribution is 8.27. The lowest BCUT2D eigenvalue weighted by molar-refractivity contribution is -0.114. The highest BCUT2D eigenvalue weighted by Crippen LogP contribution is 2.37. The number of para-hydroxylation sites is 1. The second kappa shape index (κ2) is 9.37. The summed E-state index contributed by atoms with van der Waals surface area (Å²) in [6, 6.07) is 16.0. The Morgan fingerprint density at radius 3 is 2.67 bits per heavy atom. The van der Waals surface area contributed by atoms with E-state index in [-0.39, 0.29) is 17.3 Å². The Morgan fingerprint density at radius 1 is 1.11 bits per heavy atom. The minimum Gasteiger partial charge on any atom is -0.340 e. The predicted octanol–water partition coefficient (Wildman–Crippen LogP) is 6.85. The average molecular weight is 516 g/mol. The highest BCUT2D eigenvalue weighted by Gasteiger charge is 2.38. The van der Waals surface area contributed by atoms with Gasteiger partial charge in [0.2, 0.25) is 5.17 Å². The third-order valence-corrected chi connectivity index (χ3v) is 8.72. The molecule has 6 nitrogen and oxygen atoms in total. The molecule has 0 atom stereocenters. The highest BCUT2D eigenvalue weighted by atomic mass is 35.5. The molecule has 0 unspecified atom stereocenters. The van der Waals surface area contributed by atoms with Gasteiger partial charge in [-0.2, -0.15) is 15.1 Å².